The summed E-state index contributed by atoms with van der Waals surface area (Å²) in [5, 5.41) is 0. The molecule has 0 amide bonds. The first-order chi connectivity index (χ1) is 5.91. The lowest BCUT2D eigenvalue weighted by molar-refractivity contribution is -0.137. The van der Waals surface area contributed by atoms with Gasteiger partial charge in [0.05, 0.1) is 6.10 Å². The predicted molar refractivity (Wildman–Crippen MR) is 53.5 cm³/mol. The van der Waals surface area contributed by atoms with E-state index in [2.05, 4.69) is 34.6 Å². The van der Waals surface area contributed by atoms with Crippen LogP contribution in [0.5, 0.6) is 0 Å². The first-order valence-corrected chi connectivity index (χ1v) is 5.09. The molecule has 0 bridgehead atoms. The van der Waals surface area contributed by atoms with Crippen molar-refractivity contribution in [3.05, 3.63) is 0 Å². The molecule has 0 spiro atoms. The standard InChI is InChI=1S/C11H22O2/c1-7(2)9-11(4,5)8(3)10(12-6)13-9/h7-10H,1-6H3/t8?,9-,10-/m1/s1. The minimum Gasteiger partial charge on any atom is -0.356 e. The molecule has 0 aromatic heterocycles. The molecule has 78 valence electrons. The Bertz CT molecular complexity index is 175. The molecule has 0 saturated carbocycles. The van der Waals surface area contributed by atoms with Crippen molar-refractivity contribution in [1.29, 1.82) is 0 Å². The number of rotatable bonds is 2. The number of ether oxygens (including phenoxy) is 2. The summed E-state index contributed by atoms with van der Waals surface area (Å²) in [4.78, 5) is 0. The highest BCUT2D eigenvalue weighted by Crippen LogP contribution is 2.45. The van der Waals surface area contributed by atoms with Crippen LogP contribution in [-0.4, -0.2) is 19.5 Å². The summed E-state index contributed by atoms with van der Waals surface area (Å²) < 4.78 is 11.2. The van der Waals surface area contributed by atoms with E-state index < -0.39 is 0 Å². The Morgan fingerprint density at radius 2 is 1.85 bits per heavy atom. The lowest BCUT2D eigenvalue weighted by Crippen LogP contribution is -2.33. The van der Waals surface area contributed by atoms with Gasteiger partial charge < -0.3 is 9.47 Å². The molecule has 1 aliphatic rings. The molecule has 0 radical (unpaired) electrons. The van der Waals surface area contributed by atoms with Crippen LogP contribution in [0.1, 0.15) is 34.6 Å². The van der Waals surface area contributed by atoms with Gasteiger partial charge in [-0.1, -0.05) is 34.6 Å². The number of hydrogen-bond acceptors (Lipinski definition) is 2. The van der Waals surface area contributed by atoms with Gasteiger partial charge in [0.25, 0.3) is 0 Å². The molecule has 0 aromatic carbocycles. The predicted octanol–water partition coefficient (Wildman–Crippen LogP) is 2.68. The van der Waals surface area contributed by atoms with Crippen LogP contribution < -0.4 is 0 Å². The van der Waals surface area contributed by atoms with E-state index in [-0.39, 0.29) is 11.7 Å². The molecule has 1 rings (SSSR count). The zero-order valence-corrected chi connectivity index (χ0v) is 9.63. The van der Waals surface area contributed by atoms with E-state index in [9.17, 15) is 0 Å². The largest absolute Gasteiger partial charge is 0.356 e. The van der Waals surface area contributed by atoms with Gasteiger partial charge in [-0.25, -0.2) is 0 Å². The lowest BCUT2D eigenvalue weighted by Gasteiger charge is -2.31. The van der Waals surface area contributed by atoms with E-state index >= 15 is 0 Å². The lowest BCUT2D eigenvalue weighted by atomic mass is 9.74. The van der Waals surface area contributed by atoms with Gasteiger partial charge in [-0.3, -0.25) is 0 Å². The van der Waals surface area contributed by atoms with Crippen molar-refractivity contribution >= 4 is 0 Å². The Kier molecular flexibility index (Phi) is 3.03. The third-order valence-corrected chi connectivity index (χ3v) is 3.43. The van der Waals surface area contributed by atoms with Crippen molar-refractivity contribution in [2.24, 2.45) is 17.3 Å². The van der Waals surface area contributed by atoms with Crippen molar-refractivity contribution in [2.45, 2.75) is 47.0 Å². The van der Waals surface area contributed by atoms with E-state index in [1.165, 1.54) is 0 Å². The van der Waals surface area contributed by atoms with Crippen LogP contribution in [-0.2, 0) is 9.47 Å². The average molecular weight is 186 g/mol. The third kappa shape index (κ3) is 1.75. The fourth-order valence-corrected chi connectivity index (χ4v) is 2.32. The smallest absolute Gasteiger partial charge is 0.160 e. The Morgan fingerprint density at radius 1 is 1.31 bits per heavy atom. The molecule has 1 aliphatic heterocycles. The molecule has 13 heavy (non-hydrogen) atoms. The monoisotopic (exact) mass is 186 g/mol. The summed E-state index contributed by atoms with van der Waals surface area (Å²) >= 11 is 0. The highest BCUT2D eigenvalue weighted by Gasteiger charge is 2.49. The van der Waals surface area contributed by atoms with Gasteiger partial charge >= 0.3 is 0 Å². The van der Waals surface area contributed by atoms with Gasteiger partial charge in [-0.2, -0.15) is 0 Å². The molecule has 0 aromatic rings. The molecule has 0 aliphatic carbocycles. The highest BCUT2D eigenvalue weighted by molar-refractivity contribution is 4.93. The second-order valence-corrected chi connectivity index (χ2v) is 5.01. The molecule has 2 heteroatoms. The summed E-state index contributed by atoms with van der Waals surface area (Å²) in [7, 11) is 1.72. The summed E-state index contributed by atoms with van der Waals surface area (Å²) in [5.41, 5.74) is 0.217. The van der Waals surface area contributed by atoms with Crippen molar-refractivity contribution in [3.8, 4) is 0 Å². The average Bonchev–Trinajstić information content (AvgIpc) is 2.25. The van der Waals surface area contributed by atoms with E-state index in [0.717, 1.165) is 0 Å². The van der Waals surface area contributed by atoms with Crippen LogP contribution in [0.4, 0.5) is 0 Å². The number of methoxy groups -OCH3 is 1. The van der Waals surface area contributed by atoms with Gasteiger partial charge in [0.2, 0.25) is 0 Å². The first kappa shape index (κ1) is 11.0. The van der Waals surface area contributed by atoms with Crippen LogP contribution >= 0.6 is 0 Å². The first-order valence-electron chi connectivity index (χ1n) is 5.09. The summed E-state index contributed by atoms with van der Waals surface area (Å²) in [6, 6.07) is 0. The summed E-state index contributed by atoms with van der Waals surface area (Å²) in [6.45, 7) is 11.1. The Hall–Kier alpha value is -0.0800. The van der Waals surface area contributed by atoms with Gasteiger partial charge in [0, 0.05) is 13.0 Å². The SMILES string of the molecule is CO[C@@H]1O[C@H](C(C)C)C(C)(C)C1C. The molecule has 1 heterocycles. The van der Waals surface area contributed by atoms with E-state index in [4.69, 9.17) is 9.47 Å². The number of hydrogen-bond donors (Lipinski definition) is 0. The van der Waals surface area contributed by atoms with Crippen molar-refractivity contribution in [2.75, 3.05) is 7.11 Å². The highest BCUT2D eigenvalue weighted by atomic mass is 16.7. The summed E-state index contributed by atoms with van der Waals surface area (Å²) in [5.74, 6) is 1.02. The van der Waals surface area contributed by atoms with Crippen molar-refractivity contribution in [3.63, 3.8) is 0 Å². The Balaban J connectivity index is 2.80. The molecular weight excluding hydrogens is 164 g/mol. The zero-order valence-electron chi connectivity index (χ0n) is 9.63. The van der Waals surface area contributed by atoms with Crippen molar-refractivity contribution < 1.29 is 9.47 Å². The molecule has 1 saturated heterocycles. The van der Waals surface area contributed by atoms with E-state index in [1.807, 2.05) is 0 Å². The Morgan fingerprint density at radius 3 is 2.08 bits per heavy atom. The van der Waals surface area contributed by atoms with Crippen LogP contribution in [0.3, 0.4) is 0 Å². The fourth-order valence-electron chi connectivity index (χ4n) is 2.32. The summed E-state index contributed by atoms with van der Waals surface area (Å²) in [6.07, 6.45) is 0.287. The minimum absolute atomic E-state index is 0.0256. The molecule has 2 nitrogen and oxygen atoms in total. The molecular formula is C11H22O2. The topological polar surface area (TPSA) is 18.5 Å². The zero-order chi connectivity index (χ0) is 10.2. The van der Waals surface area contributed by atoms with Gasteiger partial charge in [0.15, 0.2) is 6.29 Å². The quantitative estimate of drug-likeness (QED) is 0.660. The maximum atomic E-state index is 5.88. The maximum Gasteiger partial charge on any atom is 0.160 e. The second-order valence-electron chi connectivity index (χ2n) is 5.01. The van der Waals surface area contributed by atoms with Gasteiger partial charge in [-0.15, -0.1) is 0 Å². The van der Waals surface area contributed by atoms with Crippen LogP contribution in [0.15, 0.2) is 0 Å². The molecule has 0 N–H and O–H groups in total. The normalized spacial score (nSPS) is 38.5. The van der Waals surface area contributed by atoms with Gasteiger partial charge in [-0.05, 0) is 11.3 Å². The molecule has 3 atom stereocenters. The molecule has 1 unspecified atom stereocenters. The Labute approximate surface area is 81.6 Å². The van der Waals surface area contributed by atoms with Crippen LogP contribution in [0.25, 0.3) is 0 Å². The molecule has 1 fully saturated rings. The minimum atomic E-state index is -0.0256. The van der Waals surface area contributed by atoms with Crippen molar-refractivity contribution in [1.82, 2.24) is 0 Å². The fraction of sp³-hybridized carbons (Fsp3) is 1.00. The van der Waals surface area contributed by atoms with Gasteiger partial charge in [0.1, 0.15) is 0 Å². The van der Waals surface area contributed by atoms with Crippen LogP contribution in [0, 0.1) is 17.3 Å². The van der Waals surface area contributed by atoms with E-state index in [1.54, 1.807) is 7.11 Å². The van der Waals surface area contributed by atoms with Crippen LogP contribution in [0.2, 0.25) is 0 Å². The van der Waals surface area contributed by atoms with E-state index in [0.29, 0.717) is 17.9 Å². The third-order valence-electron chi connectivity index (χ3n) is 3.43. The maximum absolute atomic E-state index is 5.88. The second kappa shape index (κ2) is 3.58.